The summed E-state index contributed by atoms with van der Waals surface area (Å²) in [5, 5.41) is 15.2. The van der Waals surface area contributed by atoms with Gasteiger partial charge in [0.05, 0.1) is 26.4 Å². The third-order valence-corrected chi connectivity index (χ3v) is 2.36. The van der Waals surface area contributed by atoms with Crippen molar-refractivity contribution in [3.8, 4) is 0 Å². The van der Waals surface area contributed by atoms with Crippen LogP contribution in [0, 0.1) is 5.41 Å². The maximum atomic E-state index is 11.2. The van der Waals surface area contributed by atoms with Gasteiger partial charge in [-0.1, -0.05) is 13.8 Å². The highest BCUT2D eigenvalue weighted by molar-refractivity contribution is 5.70. The second kappa shape index (κ2) is 9.75. The highest BCUT2D eigenvalue weighted by atomic mass is 16.5. The molecule has 2 N–H and O–H groups in total. The first kappa shape index (κ1) is 17.9. The summed E-state index contributed by atoms with van der Waals surface area (Å²) in [6.07, 6.45) is 2.16. The van der Waals surface area contributed by atoms with E-state index in [1.165, 1.54) is 0 Å². The Morgan fingerprint density at radius 2 is 1.32 bits per heavy atom. The lowest BCUT2D eigenvalue weighted by Crippen LogP contribution is -2.28. The molecule has 0 spiro atoms. The van der Waals surface area contributed by atoms with Crippen molar-refractivity contribution in [1.29, 1.82) is 0 Å². The summed E-state index contributed by atoms with van der Waals surface area (Å²) in [5.41, 5.74) is -0.296. The van der Waals surface area contributed by atoms with Crippen molar-refractivity contribution >= 4 is 11.9 Å². The van der Waals surface area contributed by atoms with Gasteiger partial charge in [0, 0.05) is 18.3 Å². The number of hydrogen-bond donors (Lipinski definition) is 2. The Balaban J connectivity index is 0.000000711. The van der Waals surface area contributed by atoms with Gasteiger partial charge in [0.1, 0.15) is 0 Å². The molecule has 0 aliphatic carbocycles. The summed E-state index contributed by atoms with van der Waals surface area (Å²) in [6.45, 7) is 4.18. The predicted molar refractivity (Wildman–Crippen MR) is 68.3 cm³/mol. The lowest BCUT2D eigenvalue weighted by Gasteiger charge is -2.23. The van der Waals surface area contributed by atoms with Crippen molar-refractivity contribution in [2.75, 3.05) is 26.4 Å². The molecule has 6 nitrogen and oxygen atoms in total. The zero-order valence-corrected chi connectivity index (χ0v) is 11.7. The number of cyclic esters (lactones) is 2. The van der Waals surface area contributed by atoms with Gasteiger partial charge in [-0.25, -0.2) is 0 Å². The minimum absolute atomic E-state index is 0.125. The largest absolute Gasteiger partial charge is 0.465 e. The molecule has 0 unspecified atom stereocenters. The molecule has 1 saturated heterocycles. The van der Waals surface area contributed by atoms with E-state index in [1.807, 2.05) is 13.8 Å². The van der Waals surface area contributed by atoms with Crippen molar-refractivity contribution in [2.24, 2.45) is 5.41 Å². The molecule has 0 bridgehead atoms. The maximum absolute atomic E-state index is 11.2. The Labute approximate surface area is 113 Å². The molecule has 0 saturated carbocycles. The molecule has 1 aliphatic rings. The van der Waals surface area contributed by atoms with Gasteiger partial charge in [0.15, 0.2) is 0 Å². The van der Waals surface area contributed by atoms with E-state index >= 15 is 0 Å². The van der Waals surface area contributed by atoms with Crippen molar-refractivity contribution in [2.45, 2.75) is 39.5 Å². The fourth-order valence-electron chi connectivity index (χ4n) is 1.28. The van der Waals surface area contributed by atoms with E-state index in [2.05, 4.69) is 0 Å². The monoisotopic (exact) mass is 276 g/mol. The number of aliphatic hydroxyl groups is 2. The summed E-state index contributed by atoms with van der Waals surface area (Å²) in [7, 11) is 0. The van der Waals surface area contributed by atoms with Gasteiger partial charge in [-0.2, -0.15) is 0 Å². The van der Waals surface area contributed by atoms with E-state index in [1.54, 1.807) is 0 Å². The molecule has 1 rings (SSSR count). The summed E-state index contributed by atoms with van der Waals surface area (Å²) in [4.78, 5) is 22.5. The van der Waals surface area contributed by atoms with Crippen LogP contribution in [0.5, 0.6) is 0 Å². The van der Waals surface area contributed by atoms with E-state index in [4.69, 9.17) is 19.7 Å². The first-order valence-corrected chi connectivity index (χ1v) is 6.44. The molecule has 112 valence electrons. The SMILES string of the molecule is CC1(C)COC(=O)CCCCC(=O)OC1.OCCO. The first-order valence-electron chi connectivity index (χ1n) is 6.44. The molecule has 6 heteroatoms. The van der Waals surface area contributed by atoms with Gasteiger partial charge in [0.2, 0.25) is 0 Å². The molecular formula is C13H24O6. The molecule has 0 aromatic rings. The Bertz CT molecular complexity index is 248. The maximum Gasteiger partial charge on any atom is 0.305 e. The number of carbonyl (C=O) groups excluding carboxylic acids is 2. The quantitative estimate of drug-likeness (QED) is 0.683. The fourth-order valence-corrected chi connectivity index (χ4v) is 1.28. The van der Waals surface area contributed by atoms with Crippen molar-refractivity contribution in [1.82, 2.24) is 0 Å². The van der Waals surface area contributed by atoms with Crippen LogP contribution >= 0.6 is 0 Å². The second-order valence-electron chi connectivity index (χ2n) is 5.14. The topological polar surface area (TPSA) is 93.1 Å². The molecule has 19 heavy (non-hydrogen) atoms. The zero-order chi connectivity index (χ0) is 14.7. The minimum atomic E-state index is -0.296. The van der Waals surface area contributed by atoms with Crippen LogP contribution in [0.3, 0.4) is 0 Å². The normalized spacial score (nSPS) is 20.2. The predicted octanol–water partition coefficient (Wildman–Crippen LogP) is 0.644. The second-order valence-corrected chi connectivity index (χ2v) is 5.14. The average Bonchev–Trinajstić information content (AvgIpc) is 2.41. The highest BCUT2D eigenvalue weighted by Crippen LogP contribution is 2.18. The lowest BCUT2D eigenvalue weighted by molar-refractivity contribution is -0.151. The van der Waals surface area contributed by atoms with Crippen LogP contribution in [0.15, 0.2) is 0 Å². The molecule has 1 heterocycles. The van der Waals surface area contributed by atoms with Crippen molar-refractivity contribution < 1.29 is 29.3 Å². The molecule has 0 radical (unpaired) electrons. The number of ether oxygens (including phenoxy) is 2. The molecule has 1 aliphatic heterocycles. The van der Waals surface area contributed by atoms with E-state index in [-0.39, 0.29) is 30.6 Å². The average molecular weight is 276 g/mol. The summed E-state index contributed by atoms with van der Waals surface area (Å²) in [6, 6.07) is 0. The molecule has 0 atom stereocenters. The lowest BCUT2D eigenvalue weighted by atomic mass is 9.96. The van der Waals surface area contributed by atoms with Crippen LogP contribution in [0.4, 0.5) is 0 Å². The highest BCUT2D eigenvalue weighted by Gasteiger charge is 2.23. The Morgan fingerprint density at radius 1 is 0.947 bits per heavy atom. The van der Waals surface area contributed by atoms with Gasteiger partial charge in [-0.3, -0.25) is 9.59 Å². The van der Waals surface area contributed by atoms with Gasteiger partial charge in [0.25, 0.3) is 0 Å². The van der Waals surface area contributed by atoms with Gasteiger partial charge < -0.3 is 19.7 Å². The number of carbonyl (C=O) groups is 2. The summed E-state index contributed by atoms with van der Waals surface area (Å²) >= 11 is 0. The third kappa shape index (κ3) is 10.5. The van der Waals surface area contributed by atoms with Gasteiger partial charge in [-0.05, 0) is 12.8 Å². The minimum Gasteiger partial charge on any atom is -0.465 e. The smallest absolute Gasteiger partial charge is 0.305 e. The molecule has 1 fully saturated rings. The van der Waals surface area contributed by atoms with Crippen LogP contribution in [0.25, 0.3) is 0 Å². The van der Waals surface area contributed by atoms with E-state index in [0.29, 0.717) is 38.9 Å². The van der Waals surface area contributed by atoms with E-state index in [9.17, 15) is 9.59 Å². The zero-order valence-electron chi connectivity index (χ0n) is 11.7. The standard InChI is InChI=1S/C11H18O4.C2H6O2/c1-11(2)7-14-9(12)5-3-4-6-10(13)15-8-11;3-1-2-4/h3-8H2,1-2H3;3-4H,1-2H2. The fraction of sp³-hybridized carbons (Fsp3) is 0.846. The molecular weight excluding hydrogens is 252 g/mol. The number of rotatable bonds is 1. The van der Waals surface area contributed by atoms with E-state index < -0.39 is 0 Å². The Hall–Kier alpha value is -1.14. The van der Waals surface area contributed by atoms with Gasteiger partial charge >= 0.3 is 11.9 Å². The number of esters is 2. The first-order chi connectivity index (χ1) is 8.91. The Kier molecular flexibility index (Phi) is 9.16. The molecule has 0 aromatic carbocycles. The van der Waals surface area contributed by atoms with Crippen LogP contribution in [0.2, 0.25) is 0 Å². The van der Waals surface area contributed by atoms with Crippen LogP contribution < -0.4 is 0 Å². The van der Waals surface area contributed by atoms with Crippen molar-refractivity contribution in [3.05, 3.63) is 0 Å². The Morgan fingerprint density at radius 3 is 1.63 bits per heavy atom. The summed E-state index contributed by atoms with van der Waals surface area (Å²) < 4.78 is 10.2. The molecule has 0 aromatic heterocycles. The third-order valence-electron chi connectivity index (χ3n) is 2.36. The van der Waals surface area contributed by atoms with Crippen LogP contribution in [-0.2, 0) is 19.1 Å². The van der Waals surface area contributed by atoms with Crippen LogP contribution in [-0.4, -0.2) is 48.6 Å². The van der Waals surface area contributed by atoms with E-state index in [0.717, 1.165) is 0 Å². The molecule has 0 amide bonds. The van der Waals surface area contributed by atoms with Crippen LogP contribution in [0.1, 0.15) is 39.5 Å². The van der Waals surface area contributed by atoms with Gasteiger partial charge in [-0.15, -0.1) is 0 Å². The number of aliphatic hydroxyl groups excluding tert-OH is 2. The summed E-state index contributed by atoms with van der Waals surface area (Å²) in [5.74, 6) is -0.366. The van der Waals surface area contributed by atoms with Crippen molar-refractivity contribution in [3.63, 3.8) is 0 Å². The number of hydrogen-bond acceptors (Lipinski definition) is 6.